The van der Waals surface area contributed by atoms with E-state index in [1.165, 1.54) is 28.3 Å². The van der Waals surface area contributed by atoms with Gasteiger partial charge >= 0.3 is 0 Å². The van der Waals surface area contributed by atoms with Crippen molar-refractivity contribution in [3.05, 3.63) is 26.7 Å². The van der Waals surface area contributed by atoms with E-state index >= 15 is 0 Å². The zero-order chi connectivity index (χ0) is 13.4. The van der Waals surface area contributed by atoms with Gasteiger partial charge in [0.25, 0.3) is 0 Å². The third-order valence-corrected chi connectivity index (χ3v) is 5.55. The molecule has 0 aromatic carbocycles. The Bertz CT molecular complexity index is 571. The van der Waals surface area contributed by atoms with E-state index in [1.54, 1.807) is 22.7 Å². The van der Waals surface area contributed by atoms with Gasteiger partial charge in [0.15, 0.2) is 5.13 Å². The van der Waals surface area contributed by atoms with E-state index in [0.717, 1.165) is 17.4 Å². The summed E-state index contributed by atoms with van der Waals surface area (Å²) in [5.41, 5.74) is 10.1. The number of aromatic nitrogens is 2. The van der Waals surface area contributed by atoms with Gasteiger partial charge in [0.2, 0.25) is 0 Å². The van der Waals surface area contributed by atoms with Gasteiger partial charge in [-0.25, -0.2) is 9.97 Å². The minimum atomic E-state index is 0.608. The van der Waals surface area contributed by atoms with E-state index in [4.69, 9.17) is 10.7 Å². The van der Waals surface area contributed by atoms with E-state index in [1.807, 2.05) is 5.51 Å². The highest BCUT2D eigenvalue weighted by atomic mass is 32.1. The lowest BCUT2D eigenvalue weighted by Crippen LogP contribution is -2.15. The highest BCUT2D eigenvalue weighted by Crippen LogP contribution is 2.44. The minimum Gasteiger partial charge on any atom is -0.346 e. The van der Waals surface area contributed by atoms with Crippen molar-refractivity contribution in [2.24, 2.45) is 5.73 Å². The fourth-order valence-corrected chi connectivity index (χ4v) is 3.91. The van der Waals surface area contributed by atoms with E-state index < -0.39 is 0 Å². The summed E-state index contributed by atoms with van der Waals surface area (Å²) in [5, 5.41) is 1.08. The van der Waals surface area contributed by atoms with Crippen molar-refractivity contribution < 1.29 is 0 Å². The summed E-state index contributed by atoms with van der Waals surface area (Å²) in [7, 11) is 2.09. The van der Waals surface area contributed by atoms with Crippen molar-refractivity contribution in [1.82, 2.24) is 9.97 Å². The largest absolute Gasteiger partial charge is 0.346 e. The van der Waals surface area contributed by atoms with Crippen LogP contribution in [0, 0.1) is 6.92 Å². The zero-order valence-corrected chi connectivity index (χ0v) is 12.9. The van der Waals surface area contributed by atoms with Crippen LogP contribution in [0.5, 0.6) is 0 Å². The van der Waals surface area contributed by atoms with E-state index in [-0.39, 0.29) is 0 Å². The monoisotopic (exact) mass is 294 g/mol. The van der Waals surface area contributed by atoms with Crippen LogP contribution in [0.2, 0.25) is 0 Å². The Morgan fingerprint density at radius 2 is 2.21 bits per heavy atom. The average Bonchev–Trinajstić information content (AvgIpc) is 3.03. The Morgan fingerprint density at radius 1 is 1.42 bits per heavy atom. The molecule has 4 nitrogen and oxygen atoms in total. The summed E-state index contributed by atoms with van der Waals surface area (Å²) in [4.78, 5) is 13.9. The van der Waals surface area contributed by atoms with Gasteiger partial charge in [-0.3, -0.25) is 0 Å². The lowest BCUT2D eigenvalue weighted by Gasteiger charge is -2.14. The smallest absolute Gasteiger partial charge is 0.185 e. The quantitative estimate of drug-likeness (QED) is 0.921. The fourth-order valence-electron chi connectivity index (χ4n) is 2.10. The topological polar surface area (TPSA) is 55.0 Å². The Balaban J connectivity index is 1.79. The summed E-state index contributed by atoms with van der Waals surface area (Å²) < 4.78 is 0. The van der Waals surface area contributed by atoms with Crippen molar-refractivity contribution in [1.29, 1.82) is 0 Å². The molecular formula is C13H18N4S2. The summed E-state index contributed by atoms with van der Waals surface area (Å²) in [6, 6.07) is 0. The number of hydrogen-bond donors (Lipinski definition) is 1. The molecule has 0 saturated heterocycles. The molecule has 2 aromatic heterocycles. The second kappa shape index (κ2) is 5.19. The molecule has 1 fully saturated rings. The molecule has 0 atom stereocenters. The van der Waals surface area contributed by atoms with Crippen LogP contribution >= 0.6 is 22.7 Å². The standard InChI is InChI=1S/C13H18N4S2/c1-8-11(18-7-15-8)6-17(2)13-16-12(9-3-4-9)10(5-14)19-13/h7,9H,3-6,14H2,1-2H3. The SMILES string of the molecule is Cc1ncsc1CN(C)c1nc(C2CC2)c(CN)s1. The number of hydrogen-bond acceptors (Lipinski definition) is 6. The molecule has 2 N–H and O–H groups in total. The summed E-state index contributed by atoms with van der Waals surface area (Å²) in [6.45, 7) is 3.54. The van der Waals surface area contributed by atoms with Gasteiger partial charge in [0.1, 0.15) is 0 Å². The van der Waals surface area contributed by atoms with Crippen molar-refractivity contribution in [3.63, 3.8) is 0 Å². The van der Waals surface area contributed by atoms with Gasteiger partial charge in [-0.1, -0.05) is 0 Å². The number of nitrogens with two attached hydrogens (primary N) is 1. The molecule has 0 radical (unpaired) electrons. The highest BCUT2D eigenvalue weighted by molar-refractivity contribution is 7.15. The predicted octanol–water partition coefficient (Wildman–Crippen LogP) is 2.88. The molecule has 2 aromatic rings. The fraction of sp³-hybridized carbons (Fsp3) is 0.538. The maximum Gasteiger partial charge on any atom is 0.185 e. The summed E-state index contributed by atoms with van der Waals surface area (Å²) in [6.07, 6.45) is 2.54. The average molecular weight is 294 g/mol. The Hall–Kier alpha value is -0.980. The number of rotatable bonds is 5. The number of aryl methyl sites for hydroxylation is 1. The van der Waals surface area contributed by atoms with E-state index in [0.29, 0.717) is 12.5 Å². The van der Waals surface area contributed by atoms with Crippen LogP contribution in [0.25, 0.3) is 0 Å². The summed E-state index contributed by atoms with van der Waals surface area (Å²) >= 11 is 3.44. The molecule has 0 bridgehead atoms. The Morgan fingerprint density at radius 3 is 2.79 bits per heavy atom. The lowest BCUT2D eigenvalue weighted by atomic mass is 10.2. The third-order valence-electron chi connectivity index (χ3n) is 3.42. The maximum atomic E-state index is 5.83. The van der Waals surface area contributed by atoms with Gasteiger partial charge in [0.05, 0.1) is 23.4 Å². The van der Waals surface area contributed by atoms with E-state index in [2.05, 4.69) is 23.9 Å². The van der Waals surface area contributed by atoms with Gasteiger partial charge in [-0.05, 0) is 19.8 Å². The summed E-state index contributed by atoms with van der Waals surface area (Å²) in [5.74, 6) is 0.669. The molecule has 2 heterocycles. The normalized spacial score (nSPS) is 14.9. The molecule has 0 amide bonds. The molecule has 1 saturated carbocycles. The Labute approximate surface area is 121 Å². The van der Waals surface area contributed by atoms with Gasteiger partial charge < -0.3 is 10.6 Å². The molecule has 6 heteroatoms. The lowest BCUT2D eigenvalue weighted by molar-refractivity contribution is 0.900. The molecule has 19 heavy (non-hydrogen) atoms. The Kier molecular flexibility index (Phi) is 3.56. The third kappa shape index (κ3) is 2.66. The number of thiazole rings is 2. The first-order valence-corrected chi connectivity index (χ1v) is 8.18. The zero-order valence-electron chi connectivity index (χ0n) is 11.2. The molecular weight excluding hydrogens is 276 g/mol. The molecule has 1 aliphatic rings. The molecule has 0 unspecified atom stereocenters. The number of anilines is 1. The van der Waals surface area contributed by atoms with Crippen molar-refractivity contribution in [2.75, 3.05) is 11.9 Å². The highest BCUT2D eigenvalue weighted by Gasteiger charge is 2.29. The minimum absolute atomic E-state index is 0.608. The first-order chi connectivity index (χ1) is 9.19. The first-order valence-electron chi connectivity index (χ1n) is 6.48. The van der Waals surface area contributed by atoms with Crippen LogP contribution in [0.15, 0.2) is 5.51 Å². The second-order valence-electron chi connectivity index (χ2n) is 5.00. The number of nitrogens with zero attached hydrogens (tertiary/aromatic N) is 3. The van der Waals surface area contributed by atoms with Gasteiger partial charge in [-0.2, -0.15) is 0 Å². The van der Waals surface area contributed by atoms with Crippen LogP contribution in [-0.4, -0.2) is 17.0 Å². The molecule has 102 valence electrons. The van der Waals surface area contributed by atoms with Crippen LogP contribution in [-0.2, 0) is 13.1 Å². The van der Waals surface area contributed by atoms with Crippen LogP contribution in [0.3, 0.4) is 0 Å². The maximum absolute atomic E-state index is 5.83. The van der Waals surface area contributed by atoms with Crippen molar-refractivity contribution in [2.45, 2.75) is 38.8 Å². The van der Waals surface area contributed by atoms with E-state index in [9.17, 15) is 0 Å². The van der Waals surface area contributed by atoms with Gasteiger partial charge in [0, 0.05) is 29.3 Å². The van der Waals surface area contributed by atoms with Crippen LogP contribution in [0.1, 0.15) is 39.9 Å². The predicted molar refractivity (Wildman–Crippen MR) is 80.9 cm³/mol. The van der Waals surface area contributed by atoms with Crippen molar-refractivity contribution in [3.8, 4) is 0 Å². The molecule has 0 spiro atoms. The first kappa shape index (κ1) is 13.0. The van der Waals surface area contributed by atoms with Crippen LogP contribution in [0.4, 0.5) is 5.13 Å². The van der Waals surface area contributed by atoms with Gasteiger partial charge in [-0.15, -0.1) is 22.7 Å². The molecule has 1 aliphatic carbocycles. The van der Waals surface area contributed by atoms with Crippen molar-refractivity contribution >= 4 is 27.8 Å². The second-order valence-corrected chi connectivity index (χ2v) is 7.00. The van der Waals surface area contributed by atoms with Crippen LogP contribution < -0.4 is 10.6 Å². The molecule has 0 aliphatic heterocycles. The molecule has 3 rings (SSSR count).